The van der Waals surface area contributed by atoms with Gasteiger partial charge in [0.1, 0.15) is 0 Å². The highest BCUT2D eigenvalue weighted by molar-refractivity contribution is 6.00. The minimum absolute atomic E-state index is 0.0638. The lowest BCUT2D eigenvalue weighted by molar-refractivity contribution is -0.136. The Morgan fingerprint density at radius 1 is 0.966 bits per heavy atom. The zero-order valence-electron chi connectivity index (χ0n) is 16.0. The Bertz CT molecular complexity index is 859. The van der Waals surface area contributed by atoms with Crippen LogP contribution >= 0.6 is 0 Å². The predicted octanol–water partition coefficient (Wildman–Crippen LogP) is 2.58. The minimum Gasteiger partial charge on any atom is -0.481 e. The monoisotopic (exact) mass is 396 g/mol. The van der Waals surface area contributed by atoms with Crippen molar-refractivity contribution in [3.8, 4) is 0 Å². The van der Waals surface area contributed by atoms with Crippen LogP contribution in [0.3, 0.4) is 0 Å². The number of ether oxygens (including phenoxy) is 1. The summed E-state index contributed by atoms with van der Waals surface area (Å²) >= 11 is 0. The Morgan fingerprint density at radius 2 is 1.62 bits per heavy atom. The van der Waals surface area contributed by atoms with E-state index in [1.54, 1.807) is 24.3 Å². The van der Waals surface area contributed by atoms with Gasteiger partial charge in [0.25, 0.3) is 5.91 Å². The van der Waals surface area contributed by atoms with E-state index in [4.69, 9.17) is 9.84 Å². The highest BCUT2D eigenvalue weighted by Crippen LogP contribution is 2.36. The normalized spacial score (nSPS) is 15.3. The fourth-order valence-electron chi connectivity index (χ4n) is 3.46. The molecule has 2 aromatic rings. The standard InChI is InChI=1S/C22H24N2O5/c25-19(26)10-13-23-20(27)16-6-8-18(9-7-16)24-21(28)22(11-14-29-15-12-22)17-4-2-1-3-5-17/h1-9H,10-15H2,(H,23,27)(H,24,28)(H,25,26). The quantitative estimate of drug-likeness (QED) is 0.667. The Hall–Kier alpha value is -3.19. The zero-order valence-corrected chi connectivity index (χ0v) is 16.0. The van der Waals surface area contributed by atoms with E-state index in [0.717, 1.165) is 5.56 Å². The second-order valence-corrected chi connectivity index (χ2v) is 6.99. The van der Waals surface area contributed by atoms with Gasteiger partial charge in [-0.2, -0.15) is 0 Å². The van der Waals surface area contributed by atoms with Gasteiger partial charge in [-0.25, -0.2) is 0 Å². The molecule has 2 aromatic carbocycles. The van der Waals surface area contributed by atoms with Crippen LogP contribution in [-0.4, -0.2) is 42.6 Å². The van der Waals surface area contributed by atoms with Crippen LogP contribution < -0.4 is 10.6 Å². The first-order valence-electron chi connectivity index (χ1n) is 9.56. The average molecular weight is 396 g/mol. The van der Waals surface area contributed by atoms with Gasteiger partial charge in [0.2, 0.25) is 5.91 Å². The third-order valence-corrected chi connectivity index (χ3v) is 5.14. The number of nitrogens with one attached hydrogen (secondary N) is 2. The summed E-state index contributed by atoms with van der Waals surface area (Å²) in [6.07, 6.45) is 1.07. The molecule has 1 fully saturated rings. The number of carboxylic acids is 1. The molecular weight excluding hydrogens is 372 g/mol. The van der Waals surface area contributed by atoms with E-state index in [1.807, 2.05) is 30.3 Å². The molecule has 2 amide bonds. The van der Waals surface area contributed by atoms with Crippen LogP contribution in [0.1, 0.15) is 35.2 Å². The van der Waals surface area contributed by atoms with E-state index in [-0.39, 0.29) is 24.8 Å². The molecule has 0 aliphatic carbocycles. The molecule has 0 spiro atoms. The number of aliphatic carboxylic acids is 1. The topological polar surface area (TPSA) is 105 Å². The zero-order chi connectivity index (χ0) is 20.7. The third kappa shape index (κ3) is 5.00. The van der Waals surface area contributed by atoms with Crippen LogP contribution in [0.25, 0.3) is 0 Å². The molecule has 0 unspecified atom stereocenters. The number of hydrogen-bond acceptors (Lipinski definition) is 4. The SMILES string of the molecule is O=C(O)CCNC(=O)c1ccc(NC(=O)C2(c3ccccc3)CCOCC2)cc1. The maximum Gasteiger partial charge on any atom is 0.305 e. The highest BCUT2D eigenvalue weighted by atomic mass is 16.5. The van der Waals surface area contributed by atoms with Crippen LogP contribution in [0.4, 0.5) is 5.69 Å². The Balaban J connectivity index is 1.69. The van der Waals surface area contributed by atoms with Crippen molar-refractivity contribution in [2.75, 3.05) is 25.1 Å². The smallest absolute Gasteiger partial charge is 0.305 e. The first kappa shape index (κ1) is 20.5. The molecule has 1 aliphatic rings. The van der Waals surface area contributed by atoms with E-state index in [1.165, 1.54) is 0 Å². The lowest BCUT2D eigenvalue weighted by Gasteiger charge is -2.36. The summed E-state index contributed by atoms with van der Waals surface area (Å²) < 4.78 is 5.47. The maximum atomic E-state index is 13.2. The van der Waals surface area contributed by atoms with Gasteiger partial charge in [-0.15, -0.1) is 0 Å². The molecule has 7 nitrogen and oxygen atoms in total. The fourth-order valence-corrected chi connectivity index (χ4v) is 3.46. The van der Waals surface area contributed by atoms with Gasteiger partial charge >= 0.3 is 5.97 Å². The number of amides is 2. The largest absolute Gasteiger partial charge is 0.481 e. The third-order valence-electron chi connectivity index (χ3n) is 5.14. The summed E-state index contributed by atoms with van der Waals surface area (Å²) in [6, 6.07) is 16.3. The number of benzene rings is 2. The lowest BCUT2D eigenvalue weighted by atomic mass is 9.73. The van der Waals surface area contributed by atoms with E-state index in [9.17, 15) is 14.4 Å². The molecule has 1 aliphatic heterocycles. The Kier molecular flexibility index (Phi) is 6.61. The van der Waals surface area contributed by atoms with Crippen LogP contribution in [0.2, 0.25) is 0 Å². The molecule has 0 bridgehead atoms. The van der Waals surface area contributed by atoms with Crippen molar-refractivity contribution in [2.24, 2.45) is 0 Å². The summed E-state index contributed by atoms with van der Waals surface area (Å²) in [4.78, 5) is 35.8. The lowest BCUT2D eigenvalue weighted by Crippen LogP contribution is -2.44. The van der Waals surface area contributed by atoms with Crippen LogP contribution in [0.5, 0.6) is 0 Å². The summed E-state index contributed by atoms with van der Waals surface area (Å²) in [5.41, 5.74) is 1.32. The molecule has 1 heterocycles. The fraction of sp³-hybridized carbons (Fsp3) is 0.318. The number of carbonyl (C=O) groups is 3. The second kappa shape index (κ2) is 9.34. The molecule has 29 heavy (non-hydrogen) atoms. The van der Waals surface area contributed by atoms with Crippen LogP contribution in [0.15, 0.2) is 54.6 Å². The van der Waals surface area contributed by atoms with E-state index in [2.05, 4.69) is 10.6 Å². The van der Waals surface area contributed by atoms with Crippen molar-refractivity contribution in [3.63, 3.8) is 0 Å². The molecule has 0 atom stereocenters. The highest BCUT2D eigenvalue weighted by Gasteiger charge is 2.41. The summed E-state index contributed by atoms with van der Waals surface area (Å²) in [6.45, 7) is 1.11. The number of carbonyl (C=O) groups excluding carboxylic acids is 2. The van der Waals surface area contributed by atoms with Crippen molar-refractivity contribution >= 4 is 23.5 Å². The first-order valence-corrected chi connectivity index (χ1v) is 9.56. The maximum absolute atomic E-state index is 13.2. The molecule has 3 N–H and O–H groups in total. The molecule has 0 aromatic heterocycles. The van der Waals surface area contributed by atoms with E-state index < -0.39 is 11.4 Å². The van der Waals surface area contributed by atoms with Gasteiger partial charge in [0.05, 0.1) is 11.8 Å². The molecule has 1 saturated heterocycles. The second-order valence-electron chi connectivity index (χ2n) is 6.99. The van der Waals surface area contributed by atoms with Crippen molar-refractivity contribution < 1.29 is 24.2 Å². The predicted molar refractivity (Wildman–Crippen MR) is 108 cm³/mol. The van der Waals surface area contributed by atoms with Crippen LogP contribution in [-0.2, 0) is 19.7 Å². The van der Waals surface area contributed by atoms with Crippen LogP contribution in [0, 0.1) is 0 Å². The first-order chi connectivity index (χ1) is 14.0. The number of carboxylic acid groups (broad SMARTS) is 1. The summed E-state index contributed by atoms with van der Waals surface area (Å²) in [7, 11) is 0. The number of anilines is 1. The molecule has 152 valence electrons. The van der Waals surface area contributed by atoms with Gasteiger partial charge in [0, 0.05) is 31.0 Å². The van der Waals surface area contributed by atoms with Gasteiger partial charge in [-0.05, 0) is 42.7 Å². The summed E-state index contributed by atoms with van der Waals surface area (Å²) in [5, 5.41) is 14.1. The van der Waals surface area contributed by atoms with Crippen molar-refractivity contribution in [2.45, 2.75) is 24.7 Å². The van der Waals surface area contributed by atoms with Gasteiger partial charge < -0.3 is 20.5 Å². The van der Waals surface area contributed by atoms with Gasteiger partial charge in [0.15, 0.2) is 0 Å². The van der Waals surface area contributed by atoms with Gasteiger partial charge in [-0.3, -0.25) is 14.4 Å². The average Bonchev–Trinajstić information content (AvgIpc) is 2.75. The van der Waals surface area contributed by atoms with Crippen molar-refractivity contribution in [3.05, 3.63) is 65.7 Å². The van der Waals surface area contributed by atoms with E-state index in [0.29, 0.717) is 37.3 Å². The number of hydrogen-bond donors (Lipinski definition) is 3. The molecule has 7 heteroatoms. The molecule has 0 radical (unpaired) electrons. The molecular formula is C22H24N2O5. The van der Waals surface area contributed by atoms with Gasteiger partial charge in [-0.1, -0.05) is 30.3 Å². The van der Waals surface area contributed by atoms with Crippen molar-refractivity contribution in [1.29, 1.82) is 0 Å². The Labute approximate surface area is 169 Å². The number of rotatable bonds is 7. The minimum atomic E-state index is -0.969. The molecule has 0 saturated carbocycles. The summed E-state index contributed by atoms with van der Waals surface area (Å²) in [5.74, 6) is -1.41. The Morgan fingerprint density at radius 3 is 2.24 bits per heavy atom. The van der Waals surface area contributed by atoms with Crippen molar-refractivity contribution in [1.82, 2.24) is 5.32 Å². The van der Waals surface area contributed by atoms with E-state index >= 15 is 0 Å². The molecule has 3 rings (SSSR count).